The van der Waals surface area contributed by atoms with Crippen molar-refractivity contribution in [1.82, 2.24) is 5.32 Å². The number of aliphatic imine (C=N–C) groups is 1. The first-order valence-corrected chi connectivity index (χ1v) is 7.93. The average Bonchev–Trinajstić information content (AvgIpc) is 2.53. The van der Waals surface area contributed by atoms with E-state index in [-0.39, 0.29) is 5.97 Å². The molecule has 0 fully saturated rings. The molecule has 6 heteroatoms. The van der Waals surface area contributed by atoms with Crippen molar-refractivity contribution in [3.8, 4) is 6.07 Å². The molecule has 0 aromatic heterocycles. The highest BCUT2D eigenvalue weighted by Crippen LogP contribution is 2.32. The van der Waals surface area contributed by atoms with Crippen molar-refractivity contribution in [2.75, 3.05) is 12.4 Å². The zero-order chi connectivity index (χ0) is 15.9. The second kappa shape index (κ2) is 7.66. The Balaban J connectivity index is 2.39. The van der Waals surface area contributed by atoms with Gasteiger partial charge in [-0.15, -0.1) is 0 Å². The van der Waals surface area contributed by atoms with Gasteiger partial charge in [0.25, 0.3) is 0 Å². The Bertz CT molecular complexity index is 647. The second-order valence-electron chi connectivity index (χ2n) is 4.58. The van der Waals surface area contributed by atoms with Crippen molar-refractivity contribution in [2.45, 2.75) is 19.9 Å². The molecular formula is C16H17N3O2S. The van der Waals surface area contributed by atoms with Gasteiger partial charge in [-0.2, -0.15) is 5.26 Å². The smallest absolute Gasteiger partial charge is 0.338 e. The highest BCUT2D eigenvalue weighted by Gasteiger charge is 2.30. The van der Waals surface area contributed by atoms with Crippen LogP contribution in [0.4, 0.5) is 0 Å². The number of ether oxygens (including phenoxy) is 1. The summed E-state index contributed by atoms with van der Waals surface area (Å²) in [6.07, 6.45) is 0. The van der Waals surface area contributed by atoms with Gasteiger partial charge in [0, 0.05) is 5.70 Å². The first-order valence-electron chi connectivity index (χ1n) is 6.94. The molecule has 1 heterocycles. The van der Waals surface area contributed by atoms with Gasteiger partial charge in [-0.05, 0) is 19.4 Å². The van der Waals surface area contributed by atoms with Crippen molar-refractivity contribution in [2.24, 2.45) is 4.99 Å². The molecular weight excluding hydrogens is 298 g/mol. The Labute approximate surface area is 134 Å². The number of carbonyl (C=O) groups is 1. The maximum Gasteiger partial charge on any atom is 0.338 e. The summed E-state index contributed by atoms with van der Waals surface area (Å²) >= 11 is 1.32. The lowest BCUT2D eigenvalue weighted by Gasteiger charge is -2.25. The summed E-state index contributed by atoms with van der Waals surface area (Å²) in [5.41, 5.74) is 2.14. The Morgan fingerprint density at radius 2 is 2.18 bits per heavy atom. The van der Waals surface area contributed by atoms with Crippen LogP contribution in [0.5, 0.6) is 0 Å². The van der Waals surface area contributed by atoms with Gasteiger partial charge in [-0.25, -0.2) is 9.79 Å². The topological polar surface area (TPSA) is 74.5 Å². The normalized spacial score (nSPS) is 17.3. The number of nitrogens with zero attached hydrogens (tertiary/aromatic N) is 2. The molecule has 1 aromatic rings. The number of thioether (sulfide) groups is 1. The molecule has 0 spiro atoms. The molecule has 0 saturated heterocycles. The van der Waals surface area contributed by atoms with E-state index in [1.807, 2.05) is 37.3 Å². The minimum Gasteiger partial charge on any atom is -0.463 e. The summed E-state index contributed by atoms with van der Waals surface area (Å²) in [5.74, 6) is -0.0653. The van der Waals surface area contributed by atoms with Gasteiger partial charge in [-0.3, -0.25) is 0 Å². The maximum atomic E-state index is 12.3. The van der Waals surface area contributed by atoms with E-state index in [9.17, 15) is 4.79 Å². The summed E-state index contributed by atoms with van der Waals surface area (Å²) in [4.78, 5) is 16.8. The van der Waals surface area contributed by atoms with Crippen molar-refractivity contribution < 1.29 is 9.53 Å². The molecule has 0 bridgehead atoms. The van der Waals surface area contributed by atoms with Crippen LogP contribution in [-0.4, -0.2) is 23.5 Å². The standard InChI is InChI=1S/C16H17N3O2S/c1-3-21-15(20)13-11(2)18-16(22-10-9-17)19-14(13)12-7-5-4-6-8-12/h4-8,14H,3,10H2,1-2H3,(H,18,19)/t14-/m0/s1. The van der Waals surface area contributed by atoms with Crippen LogP contribution in [0.25, 0.3) is 0 Å². The molecule has 0 unspecified atom stereocenters. The second-order valence-corrected chi connectivity index (χ2v) is 5.54. The summed E-state index contributed by atoms with van der Waals surface area (Å²) in [6.45, 7) is 3.92. The van der Waals surface area contributed by atoms with E-state index in [0.717, 1.165) is 5.56 Å². The molecule has 22 heavy (non-hydrogen) atoms. The monoisotopic (exact) mass is 315 g/mol. The van der Waals surface area contributed by atoms with E-state index < -0.39 is 6.04 Å². The minimum absolute atomic E-state index is 0.301. The molecule has 0 radical (unpaired) electrons. The number of rotatable bonds is 4. The molecule has 1 N–H and O–H groups in total. The fourth-order valence-electron chi connectivity index (χ4n) is 2.17. The van der Waals surface area contributed by atoms with Crippen LogP contribution in [0.2, 0.25) is 0 Å². The van der Waals surface area contributed by atoms with E-state index in [1.165, 1.54) is 11.8 Å². The molecule has 0 aliphatic carbocycles. The fraction of sp³-hybridized carbons (Fsp3) is 0.312. The van der Waals surface area contributed by atoms with Crippen LogP contribution in [0.1, 0.15) is 25.5 Å². The quantitative estimate of drug-likeness (QED) is 0.865. The lowest BCUT2D eigenvalue weighted by atomic mass is 9.97. The molecule has 2 rings (SSSR count). The van der Waals surface area contributed by atoms with E-state index in [2.05, 4.69) is 16.4 Å². The number of benzene rings is 1. The van der Waals surface area contributed by atoms with Gasteiger partial charge in [0.15, 0.2) is 5.17 Å². The zero-order valence-electron chi connectivity index (χ0n) is 12.5. The highest BCUT2D eigenvalue weighted by atomic mass is 32.2. The number of hydrogen-bond donors (Lipinski definition) is 1. The summed E-state index contributed by atoms with van der Waals surface area (Å²) in [7, 11) is 0. The largest absolute Gasteiger partial charge is 0.463 e. The molecule has 1 atom stereocenters. The number of amidine groups is 1. The summed E-state index contributed by atoms with van der Waals surface area (Å²) in [6, 6.07) is 11.3. The third kappa shape index (κ3) is 3.68. The van der Waals surface area contributed by atoms with Crippen LogP contribution in [0, 0.1) is 11.3 Å². The SMILES string of the molecule is CCOC(=O)C1=C(C)NC(SCC#N)=N[C@H]1c1ccccc1. The maximum absolute atomic E-state index is 12.3. The van der Waals surface area contributed by atoms with E-state index in [1.54, 1.807) is 6.92 Å². The summed E-state index contributed by atoms with van der Waals surface area (Å²) < 4.78 is 5.15. The number of allylic oxidation sites excluding steroid dienone is 1. The van der Waals surface area contributed by atoms with Gasteiger partial charge in [0.1, 0.15) is 6.04 Å². The van der Waals surface area contributed by atoms with Gasteiger partial charge in [0.05, 0.1) is 24.0 Å². The lowest BCUT2D eigenvalue weighted by molar-refractivity contribution is -0.138. The zero-order valence-corrected chi connectivity index (χ0v) is 13.3. The molecule has 1 aromatic carbocycles. The summed E-state index contributed by atoms with van der Waals surface area (Å²) in [5, 5.41) is 12.4. The molecule has 1 aliphatic rings. The lowest BCUT2D eigenvalue weighted by Crippen LogP contribution is -2.30. The molecule has 5 nitrogen and oxygen atoms in total. The number of esters is 1. The average molecular weight is 315 g/mol. The van der Waals surface area contributed by atoms with Crippen LogP contribution in [-0.2, 0) is 9.53 Å². The third-order valence-corrected chi connectivity index (χ3v) is 3.86. The van der Waals surface area contributed by atoms with E-state index in [0.29, 0.717) is 28.8 Å². The molecule has 0 saturated carbocycles. The van der Waals surface area contributed by atoms with Crippen LogP contribution in [0.15, 0.2) is 46.6 Å². The van der Waals surface area contributed by atoms with Gasteiger partial charge < -0.3 is 10.1 Å². The number of carbonyl (C=O) groups excluding carboxylic acids is 1. The predicted molar refractivity (Wildman–Crippen MR) is 87.2 cm³/mol. The third-order valence-electron chi connectivity index (χ3n) is 3.10. The van der Waals surface area contributed by atoms with E-state index in [4.69, 9.17) is 10.00 Å². The first-order chi connectivity index (χ1) is 10.7. The van der Waals surface area contributed by atoms with Gasteiger partial charge in [-0.1, -0.05) is 42.1 Å². The van der Waals surface area contributed by atoms with Crippen molar-refractivity contribution in [3.05, 3.63) is 47.2 Å². The van der Waals surface area contributed by atoms with Crippen LogP contribution >= 0.6 is 11.8 Å². The minimum atomic E-state index is -0.414. The fourth-order valence-corrected chi connectivity index (χ4v) is 2.78. The highest BCUT2D eigenvalue weighted by molar-refractivity contribution is 8.14. The Morgan fingerprint density at radius 1 is 1.45 bits per heavy atom. The van der Waals surface area contributed by atoms with Crippen molar-refractivity contribution >= 4 is 22.9 Å². The molecule has 1 aliphatic heterocycles. The Morgan fingerprint density at radius 3 is 2.82 bits per heavy atom. The van der Waals surface area contributed by atoms with Crippen molar-refractivity contribution in [1.29, 1.82) is 5.26 Å². The van der Waals surface area contributed by atoms with Gasteiger partial charge in [0.2, 0.25) is 0 Å². The van der Waals surface area contributed by atoms with E-state index >= 15 is 0 Å². The van der Waals surface area contributed by atoms with Crippen LogP contribution < -0.4 is 5.32 Å². The number of nitrogens with one attached hydrogen (secondary N) is 1. The van der Waals surface area contributed by atoms with Crippen LogP contribution in [0.3, 0.4) is 0 Å². The Kier molecular flexibility index (Phi) is 5.61. The Hall–Kier alpha value is -2.26. The molecule has 114 valence electrons. The first kappa shape index (κ1) is 16.1. The number of nitriles is 1. The van der Waals surface area contributed by atoms with Crippen molar-refractivity contribution in [3.63, 3.8) is 0 Å². The van der Waals surface area contributed by atoms with Gasteiger partial charge >= 0.3 is 5.97 Å². The predicted octanol–water partition coefficient (Wildman–Crippen LogP) is 2.78. The molecule has 0 amide bonds. The number of hydrogen-bond acceptors (Lipinski definition) is 6.